The van der Waals surface area contributed by atoms with E-state index in [1.54, 1.807) is 23.0 Å². The summed E-state index contributed by atoms with van der Waals surface area (Å²) in [5, 5.41) is 11.0. The number of nitrogens with one attached hydrogen (secondary N) is 1. The molecule has 3 rings (SSSR count). The summed E-state index contributed by atoms with van der Waals surface area (Å²) in [4.78, 5) is 12.0. The normalized spacial score (nSPS) is 15.2. The van der Waals surface area contributed by atoms with Gasteiger partial charge in [0, 0.05) is 19.5 Å². The van der Waals surface area contributed by atoms with Crippen LogP contribution in [-0.2, 0) is 6.42 Å². The Morgan fingerprint density at radius 3 is 3.00 bits per heavy atom. The minimum Gasteiger partial charge on any atom is -0.312 e. The number of rotatable bonds is 4. The van der Waals surface area contributed by atoms with Crippen LogP contribution in [-0.4, -0.2) is 33.9 Å². The molecule has 1 aliphatic rings. The van der Waals surface area contributed by atoms with Crippen LogP contribution in [0.5, 0.6) is 0 Å². The molecular formula is C13H13FN4O. The predicted octanol–water partition coefficient (Wildman–Crippen LogP) is 0.987. The fraction of sp³-hybridized carbons (Fsp3) is 0.308. The van der Waals surface area contributed by atoms with Crippen LogP contribution < -0.4 is 5.32 Å². The van der Waals surface area contributed by atoms with E-state index in [2.05, 4.69) is 15.6 Å². The Labute approximate surface area is 109 Å². The lowest BCUT2D eigenvalue weighted by atomic mass is 10.1. The Bertz CT molecular complexity index is 606. The number of carbonyl (C=O) groups excluding carboxylic acids is 1. The van der Waals surface area contributed by atoms with E-state index in [0.717, 1.165) is 13.1 Å². The van der Waals surface area contributed by atoms with Crippen molar-refractivity contribution in [3.63, 3.8) is 0 Å². The first-order chi connectivity index (χ1) is 9.22. The van der Waals surface area contributed by atoms with E-state index in [4.69, 9.17) is 0 Å². The highest BCUT2D eigenvalue weighted by molar-refractivity contribution is 5.95. The topological polar surface area (TPSA) is 59.8 Å². The van der Waals surface area contributed by atoms with Gasteiger partial charge in [0.05, 0.1) is 12.2 Å². The van der Waals surface area contributed by atoms with E-state index in [1.165, 1.54) is 12.1 Å². The minimum atomic E-state index is -0.338. The first kappa shape index (κ1) is 12.0. The second kappa shape index (κ2) is 4.89. The minimum absolute atomic E-state index is 0.138. The molecule has 0 radical (unpaired) electrons. The number of hydrogen-bond donors (Lipinski definition) is 1. The van der Waals surface area contributed by atoms with Crippen LogP contribution in [0.25, 0.3) is 0 Å². The molecule has 1 saturated heterocycles. The van der Waals surface area contributed by atoms with Crippen molar-refractivity contribution in [2.75, 3.05) is 13.1 Å². The van der Waals surface area contributed by atoms with Crippen LogP contribution in [0.4, 0.5) is 4.39 Å². The van der Waals surface area contributed by atoms with E-state index in [-0.39, 0.29) is 24.1 Å². The molecule has 0 saturated carbocycles. The third kappa shape index (κ3) is 2.53. The summed E-state index contributed by atoms with van der Waals surface area (Å²) in [6.45, 7) is 1.70. The molecule has 0 spiro atoms. The highest BCUT2D eigenvalue weighted by Gasteiger charge is 2.21. The van der Waals surface area contributed by atoms with E-state index in [0.29, 0.717) is 11.3 Å². The number of ketones is 1. The number of aromatic nitrogens is 3. The van der Waals surface area contributed by atoms with Gasteiger partial charge in [0.1, 0.15) is 11.5 Å². The van der Waals surface area contributed by atoms with Gasteiger partial charge in [-0.2, -0.15) is 0 Å². The van der Waals surface area contributed by atoms with Gasteiger partial charge in [-0.25, -0.2) is 9.07 Å². The van der Waals surface area contributed by atoms with Crippen molar-refractivity contribution in [1.82, 2.24) is 20.3 Å². The van der Waals surface area contributed by atoms with Gasteiger partial charge in [-0.1, -0.05) is 17.3 Å². The Hall–Kier alpha value is -2.08. The van der Waals surface area contributed by atoms with E-state index >= 15 is 0 Å². The zero-order valence-electron chi connectivity index (χ0n) is 10.2. The summed E-state index contributed by atoms with van der Waals surface area (Å²) in [5.74, 6) is -0.487. The monoisotopic (exact) mass is 260 g/mol. The van der Waals surface area contributed by atoms with Crippen molar-refractivity contribution in [2.45, 2.75) is 12.5 Å². The molecule has 1 fully saturated rings. The standard InChI is InChI=1S/C13H13FN4O/c14-10-3-1-2-9(4-10)5-13(19)12-8-18(17-16-12)11-6-15-7-11/h1-4,8,11,15H,5-7H2. The van der Waals surface area contributed by atoms with Crippen molar-refractivity contribution in [2.24, 2.45) is 0 Å². The summed E-state index contributed by atoms with van der Waals surface area (Å²) in [7, 11) is 0. The molecule has 1 aromatic heterocycles. The van der Waals surface area contributed by atoms with Gasteiger partial charge in [0.2, 0.25) is 0 Å². The maximum Gasteiger partial charge on any atom is 0.189 e. The highest BCUT2D eigenvalue weighted by atomic mass is 19.1. The van der Waals surface area contributed by atoms with Gasteiger partial charge in [0.25, 0.3) is 0 Å². The number of benzene rings is 1. The molecule has 0 unspecified atom stereocenters. The molecule has 0 aliphatic carbocycles. The van der Waals surface area contributed by atoms with Crippen LogP contribution in [0.15, 0.2) is 30.5 Å². The van der Waals surface area contributed by atoms with Crippen LogP contribution in [0.1, 0.15) is 22.1 Å². The number of Topliss-reactive ketones (excluding diaryl/α,β-unsaturated/α-hetero) is 1. The third-order valence-corrected chi connectivity index (χ3v) is 3.18. The van der Waals surface area contributed by atoms with Gasteiger partial charge < -0.3 is 5.32 Å². The molecule has 98 valence electrons. The molecule has 5 nitrogen and oxygen atoms in total. The molecule has 2 heterocycles. The Morgan fingerprint density at radius 2 is 2.32 bits per heavy atom. The molecule has 1 N–H and O–H groups in total. The SMILES string of the molecule is O=C(Cc1cccc(F)c1)c1cn(C2CNC2)nn1. The number of nitrogens with zero attached hydrogens (tertiary/aromatic N) is 3. The summed E-state index contributed by atoms with van der Waals surface area (Å²) in [5.41, 5.74) is 0.973. The van der Waals surface area contributed by atoms with Gasteiger partial charge in [0.15, 0.2) is 5.78 Å². The van der Waals surface area contributed by atoms with Crippen molar-refractivity contribution < 1.29 is 9.18 Å². The molecular weight excluding hydrogens is 247 g/mol. The Morgan fingerprint density at radius 1 is 1.47 bits per heavy atom. The molecule has 0 amide bonds. The van der Waals surface area contributed by atoms with Gasteiger partial charge >= 0.3 is 0 Å². The largest absolute Gasteiger partial charge is 0.312 e. The lowest BCUT2D eigenvalue weighted by molar-refractivity contribution is 0.0988. The highest BCUT2D eigenvalue weighted by Crippen LogP contribution is 2.12. The zero-order valence-corrected chi connectivity index (χ0v) is 10.2. The summed E-state index contributed by atoms with van der Waals surface area (Å²) < 4.78 is 14.7. The number of carbonyl (C=O) groups is 1. The first-order valence-electron chi connectivity index (χ1n) is 6.12. The van der Waals surface area contributed by atoms with Gasteiger partial charge in [-0.15, -0.1) is 5.10 Å². The first-order valence-corrected chi connectivity index (χ1v) is 6.12. The maximum atomic E-state index is 13.0. The third-order valence-electron chi connectivity index (χ3n) is 3.18. The van der Waals surface area contributed by atoms with Crippen molar-refractivity contribution in [3.8, 4) is 0 Å². The van der Waals surface area contributed by atoms with Crippen molar-refractivity contribution in [3.05, 3.63) is 47.5 Å². The number of halogens is 1. The second-order valence-electron chi connectivity index (χ2n) is 4.63. The zero-order chi connectivity index (χ0) is 13.2. The fourth-order valence-electron chi connectivity index (χ4n) is 1.97. The van der Waals surface area contributed by atoms with E-state index in [1.807, 2.05) is 0 Å². The van der Waals surface area contributed by atoms with Gasteiger partial charge in [-0.05, 0) is 17.7 Å². The number of hydrogen-bond acceptors (Lipinski definition) is 4. The summed E-state index contributed by atoms with van der Waals surface area (Å²) in [6, 6.07) is 6.31. The average Bonchev–Trinajstić information content (AvgIpc) is 2.76. The molecule has 0 bridgehead atoms. The van der Waals surface area contributed by atoms with E-state index < -0.39 is 0 Å². The van der Waals surface area contributed by atoms with Crippen LogP contribution in [0, 0.1) is 5.82 Å². The van der Waals surface area contributed by atoms with Crippen LogP contribution >= 0.6 is 0 Å². The fourth-order valence-corrected chi connectivity index (χ4v) is 1.97. The molecule has 1 aliphatic heterocycles. The van der Waals surface area contributed by atoms with Crippen molar-refractivity contribution in [1.29, 1.82) is 0 Å². The molecule has 6 heteroatoms. The lowest BCUT2D eigenvalue weighted by Crippen LogP contribution is -2.43. The molecule has 19 heavy (non-hydrogen) atoms. The van der Waals surface area contributed by atoms with E-state index in [9.17, 15) is 9.18 Å². The van der Waals surface area contributed by atoms with Crippen molar-refractivity contribution >= 4 is 5.78 Å². The smallest absolute Gasteiger partial charge is 0.189 e. The summed E-state index contributed by atoms with van der Waals surface area (Å²) in [6.07, 6.45) is 1.80. The predicted molar refractivity (Wildman–Crippen MR) is 66.4 cm³/mol. The lowest BCUT2D eigenvalue weighted by Gasteiger charge is -2.26. The second-order valence-corrected chi connectivity index (χ2v) is 4.63. The molecule has 1 aromatic carbocycles. The molecule has 2 aromatic rings. The summed E-state index contributed by atoms with van der Waals surface area (Å²) >= 11 is 0. The average molecular weight is 260 g/mol. The van der Waals surface area contributed by atoms with Crippen LogP contribution in [0.3, 0.4) is 0 Å². The molecule has 0 atom stereocenters. The van der Waals surface area contributed by atoms with Gasteiger partial charge in [-0.3, -0.25) is 4.79 Å². The van der Waals surface area contributed by atoms with Crippen LogP contribution in [0.2, 0.25) is 0 Å². The maximum absolute atomic E-state index is 13.0. The quantitative estimate of drug-likeness (QED) is 0.833. The Kier molecular flexibility index (Phi) is 3.08. The Balaban J connectivity index is 1.71.